The third-order valence-corrected chi connectivity index (χ3v) is 1.23. The normalized spacial score (nSPS) is 12.2. The highest BCUT2D eigenvalue weighted by atomic mass is 16.4. The third kappa shape index (κ3) is 6.83. The number of carboxylic acids is 1. The average Bonchev–Trinajstić information content (AvgIpc) is 1.82. The first-order chi connectivity index (χ1) is 5.02. The minimum atomic E-state index is -1.08. The molecule has 1 unspecified atom stereocenters. The van der Waals surface area contributed by atoms with E-state index in [-0.39, 0.29) is 18.4 Å². The van der Waals surface area contributed by atoms with Crippen LogP contribution in [0.15, 0.2) is 0 Å². The highest BCUT2D eigenvalue weighted by Crippen LogP contribution is 1.94. The summed E-state index contributed by atoms with van der Waals surface area (Å²) in [5, 5.41) is 12.5. The van der Waals surface area contributed by atoms with Gasteiger partial charge in [-0.15, -0.1) is 0 Å². The van der Waals surface area contributed by atoms with Crippen molar-refractivity contribution in [1.82, 2.24) is 5.32 Å². The fourth-order valence-corrected chi connectivity index (χ4v) is 0.754. The van der Waals surface area contributed by atoms with Crippen LogP contribution in [0.5, 0.6) is 0 Å². The van der Waals surface area contributed by atoms with Crippen molar-refractivity contribution in [1.29, 1.82) is 0 Å². The number of rotatable bonds is 4. The molecule has 1 atom stereocenters. The van der Waals surface area contributed by atoms with Crippen LogP contribution in [-0.2, 0) is 9.59 Å². The molecule has 64 valence electrons. The molecule has 0 aromatic heterocycles. The highest BCUT2D eigenvalue weighted by molar-refractivity contribution is 5.73. The summed E-state index contributed by atoms with van der Waals surface area (Å²) >= 11 is 0. The summed E-state index contributed by atoms with van der Waals surface area (Å²) in [6.45, 7) is 3.15. The molecule has 0 spiro atoms. The Kier molecular flexibility index (Phi) is 4.26. The summed E-state index contributed by atoms with van der Waals surface area (Å²) in [5.41, 5.74) is 0. The van der Waals surface area contributed by atoms with E-state index in [0.29, 0.717) is 6.42 Å². The fraction of sp³-hybridized carbons (Fsp3) is 0.714. The Morgan fingerprint density at radius 3 is 2.45 bits per heavy atom. The Balaban J connectivity index is 3.44. The molecule has 0 aliphatic rings. The number of nitrogens with one attached hydrogen (secondary N) is 1. The summed E-state index contributed by atoms with van der Waals surface area (Å²) < 4.78 is 0. The molecule has 4 nitrogen and oxygen atoms in total. The van der Waals surface area contributed by atoms with Crippen LogP contribution in [0.4, 0.5) is 0 Å². The molecular formula is C7H12NO3-. The molecule has 0 rings (SSSR count). The molecule has 0 bridgehead atoms. The van der Waals surface area contributed by atoms with Crippen molar-refractivity contribution < 1.29 is 14.7 Å². The van der Waals surface area contributed by atoms with Gasteiger partial charge < -0.3 is 15.2 Å². The van der Waals surface area contributed by atoms with Crippen LogP contribution in [0.25, 0.3) is 0 Å². The Hall–Kier alpha value is -1.06. The number of amides is 1. The molecule has 0 heterocycles. The Morgan fingerprint density at radius 2 is 2.09 bits per heavy atom. The van der Waals surface area contributed by atoms with Gasteiger partial charge in [0.05, 0.1) is 0 Å². The Labute approximate surface area is 65.6 Å². The smallest absolute Gasteiger partial charge is 0.217 e. The van der Waals surface area contributed by atoms with E-state index in [2.05, 4.69) is 5.32 Å². The molecule has 0 aliphatic carbocycles. The predicted molar refractivity (Wildman–Crippen MR) is 37.5 cm³/mol. The summed E-state index contributed by atoms with van der Waals surface area (Å²) in [6, 6.07) is -0.0922. The summed E-state index contributed by atoms with van der Waals surface area (Å²) in [6.07, 6.45) is 0.406. The zero-order chi connectivity index (χ0) is 8.85. The van der Waals surface area contributed by atoms with Gasteiger partial charge in [0.2, 0.25) is 5.91 Å². The van der Waals surface area contributed by atoms with Crippen molar-refractivity contribution in [2.45, 2.75) is 32.7 Å². The van der Waals surface area contributed by atoms with Crippen LogP contribution in [0.1, 0.15) is 26.7 Å². The lowest BCUT2D eigenvalue weighted by atomic mass is 10.2. The van der Waals surface area contributed by atoms with Crippen LogP contribution in [0.2, 0.25) is 0 Å². The van der Waals surface area contributed by atoms with E-state index < -0.39 is 5.97 Å². The molecule has 0 aromatic rings. The van der Waals surface area contributed by atoms with Crippen molar-refractivity contribution >= 4 is 11.9 Å². The van der Waals surface area contributed by atoms with Crippen molar-refractivity contribution in [3.8, 4) is 0 Å². The molecule has 0 radical (unpaired) electrons. The van der Waals surface area contributed by atoms with Gasteiger partial charge in [0.25, 0.3) is 0 Å². The summed E-state index contributed by atoms with van der Waals surface area (Å²) in [5.74, 6) is -1.22. The number of aliphatic carboxylic acids is 1. The van der Waals surface area contributed by atoms with Crippen molar-refractivity contribution in [2.75, 3.05) is 0 Å². The third-order valence-electron chi connectivity index (χ3n) is 1.23. The lowest BCUT2D eigenvalue weighted by Gasteiger charge is -2.11. The second-order valence-corrected chi connectivity index (χ2v) is 2.51. The van der Waals surface area contributed by atoms with E-state index in [4.69, 9.17) is 0 Å². The zero-order valence-electron chi connectivity index (χ0n) is 6.72. The van der Waals surface area contributed by atoms with Crippen LogP contribution in [-0.4, -0.2) is 17.9 Å². The molecule has 4 heteroatoms. The molecule has 1 N–H and O–H groups in total. The molecular weight excluding hydrogens is 146 g/mol. The first-order valence-corrected chi connectivity index (χ1v) is 3.49. The van der Waals surface area contributed by atoms with E-state index in [1.807, 2.05) is 0 Å². The van der Waals surface area contributed by atoms with Gasteiger partial charge >= 0.3 is 0 Å². The average molecular weight is 158 g/mol. The monoisotopic (exact) mass is 158 g/mol. The first kappa shape index (κ1) is 9.94. The molecule has 0 fully saturated rings. The van der Waals surface area contributed by atoms with Crippen LogP contribution in [0, 0.1) is 0 Å². The quantitative estimate of drug-likeness (QED) is 0.573. The van der Waals surface area contributed by atoms with Gasteiger partial charge in [-0.2, -0.15) is 0 Å². The van der Waals surface area contributed by atoms with Crippen LogP contribution >= 0.6 is 0 Å². The van der Waals surface area contributed by atoms with Gasteiger partial charge in [0.1, 0.15) is 0 Å². The van der Waals surface area contributed by atoms with Crippen molar-refractivity contribution in [2.24, 2.45) is 0 Å². The van der Waals surface area contributed by atoms with Gasteiger partial charge in [-0.25, -0.2) is 0 Å². The molecule has 11 heavy (non-hydrogen) atoms. The maximum Gasteiger partial charge on any atom is 0.217 e. The lowest BCUT2D eigenvalue weighted by Crippen LogP contribution is -2.32. The standard InChI is InChI=1S/C7H13NO3/c1-5(8-6(2)9)3-4-7(10)11/h5H,3-4H2,1-2H3,(H,8,9)(H,10,11)/p-1. The predicted octanol–water partition coefficient (Wildman–Crippen LogP) is -0.959. The highest BCUT2D eigenvalue weighted by Gasteiger charge is 2.01. The van der Waals surface area contributed by atoms with E-state index in [9.17, 15) is 14.7 Å². The number of hydrogen-bond donors (Lipinski definition) is 1. The van der Waals surface area contributed by atoms with Gasteiger partial charge in [-0.3, -0.25) is 4.79 Å². The zero-order valence-corrected chi connectivity index (χ0v) is 6.72. The van der Waals surface area contributed by atoms with E-state index in [0.717, 1.165) is 0 Å². The maximum absolute atomic E-state index is 10.4. The van der Waals surface area contributed by atoms with E-state index in [1.165, 1.54) is 6.92 Å². The molecule has 0 saturated carbocycles. The maximum atomic E-state index is 10.4. The molecule has 0 aliphatic heterocycles. The minimum Gasteiger partial charge on any atom is -0.550 e. The molecule has 1 amide bonds. The Bertz CT molecular complexity index is 156. The van der Waals surface area contributed by atoms with Gasteiger partial charge in [-0.1, -0.05) is 0 Å². The fourth-order valence-electron chi connectivity index (χ4n) is 0.754. The van der Waals surface area contributed by atoms with Gasteiger partial charge in [-0.05, 0) is 19.8 Å². The molecule has 0 aromatic carbocycles. The van der Waals surface area contributed by atoms with Crippen LogP contribution < -0.4 is 10.4 Å². The lowest BCUT2D eigenvalue weighted by molar-refractivity contribution is -0.305. The topological polar surface area (TPSA) is 69.2 Å². The van der Waals surface area contributed by atoms with Crippen molar-refractivity contribution in [3.63, 3.8) is 0 Å². The summed E-state index contributed by atoms with van der Waals surface area (Å²) in [7, 11) is 0. The number of carbonyl (C=O) groups excluding carboxylic acids is 2. The first-order valence-electron chi connectivity index (χ1n) is 3.49. The van der Waals surface area contributed by atoms with Crippen molar-refractivity contribution in [3.05, 3.63) is 0 Å². The summed E-state index contributed by atoms with van der Waals surface area (Å²) in [4.78, 5) is 20.4. The van der Waals surface area contributed by atoms with Gasteiger partial charge in [0.15, 0.2) is 0 Å². The largest absolute Gasteiger partial charge is 0.550 e. The second kappa shape index (κ2) is 4.71. The van der Waals surface area contributed by atoms with E-state index >= 15 is 0 Å². The minimum absolute atomic E-state index is 0.0125. The number of carbonyl (C=O) groups is 2. The van der Waals surface area contributed by atoms with E-state index in [1.54, 1.807) is 6.92 Å². The second-order valence-electron chi connectivity index (χ2n) is 2.51. The number of hydrogen-bond acceptors (Lipinski definition) is 3. The Morgan fingerprint density at radius 1 is 1.55 bits per heavy atom. The van der Waals surface area contributed by atoms with Crippen LogP contribution in [0.3, 0.4) is 0 Å². The molecule has 0 saturated heterocycles. The number of carboxylic acid groups (broad SMARTS) is 1. The van der Waals surface area contributed by atoms with Gasteiger partial charge in [0, 0.05) is 18.9 Å². The SMILES string of the molecule is CC(=O)NC(C)CCC(=O)[O-].